The van der Waals surface area contributed by atoms with Crippen LogP contribution in [0.15, 0.2) is 48.9 Å². The Morgan fingerprint density at radius 1 is 1.16 bits per heavy atom. The van der Waals surface area contributed by atoms with Gasteiger partial charge in [-0.25, -0.2) is 19.3 Å². The van der Waals surface area contributed by atoms with Crippen LogP contribution in [0.25, 0.3) is 11.5 Å². The minimum Gasteiger partial charge on any atom is -0.383 e. The van der Waals surface area contributed by atoms with Gasteiger partial charge in [-0.3, -0.25) is 9.88 Å². The van der Waals surface area contributed by atoms with Crippen LogP contribution in [-0.4, -0.2) is 58.2 Å². The highest BCUT2D eigenvalue weighted by Crippen LogP contribution is 2.30. The molecule has 0 aliphatic carbocycles. The Hall–Kier alpha value is -2.97. The molecule has 0 spiro atoms. The highest BCUT2D eigenvalue weighted by Gasteiger charge is 2.23. The molecule has 162 valence electrons. The molecule has 1 aromatic carbocycles. The molecule has 0 saturated carbocycles. The number of nitrogens with zero attached hydrogens (tertiary/aromatic N) is 5. The number of aromatic nitrogens is 4. The van der Waals surface area contributed by atoms with Crippen molar-refractivity contribution in [1.29, 1.82) is 0 Å². The van der Waals surface area contributed by atoms with Gasteiger partial charge in [-0.1, -0.05) is 18.2 Å². The lowest BCUT2D eigenvalue weighted by Crippen LogP contribution is -2.33. The van der Waals surface area contributed by atoms with Crippen molar-refractivity contribution in [2.75, 3.05) is 38.7 Å². The molecule has 3 aromatic rings. The topological polar surface area (TPSA) is 76.1 Å². The summed E-state index contributed by atoms with van der Waals surface area (Å²) < 4.78 is 19.1. The predicted octanol–water partition coefficient (Wildman–Crippen LogP) is 3.51. The van der Waals surface area contributed by atoms with Gasteiger partial charge in [-0.15, -0.1) is 0 Å². The molecule has 3 heterocycles. The van der Waals surface area contributed by atoms with E-state index in [1.807, 2.05) is 18.2 Å². The fraction of sp³-hybridized carbons (Fsp3) is 0.391. The van der Waals surface area contributed by atoms with Gasteiger partial charge in [0.05, 0.1) is 12.8 Å². The van der Waals surface area contributed by atoms with Crippen molar-refractivity contribution < 1.29 is 9.13 Å². The number of ether oxygens (including phenoxy) is 1. The SMILES string of the molecule is COCCNc1cc(C2CCN(Cc3ccccc3F)CC2)nc(-c2cnccn2)n1. The summed E-state index contributed by atoms with van der Waals surface area (Å²) in [6.07, 6.45) is 6.88. The number of methoxy groups -OCH3 is 1. The molecule has 0 amide bonds. The molecule has 1 aliphatic rings. The zero-order valence-electron chi connectivity index (χ0n) is 17.7. The number of nitrogens with one attached hydrogen (secondary N) is 1. The van der Waals surface area contributed by atoms with E-state index >= 15 is 0 Å². The summed E-state index contributed by atoms with van der Waals surface area (Å²) in [5.41, 5.74) is 2.40. The number of halogens is 1. The minimum absolute atomic E-state index is 0.138. The highest BCUT2D eigenvalue weighted by molar-refractivity contribution is 5.52. The molecule has 0 radical (unpaired) electrons. The fourth-order valence-electron chi connectivity index (χ4n) is 3.83. The lowest BCUT2D eigenvalue weighted by molar-refractivity contribution is 0.201. The molecular formula is C23H27FN6O. The molecular weight excluding hydrogens is 395 g/mol. The average molecular weight is 423 g/mol. The number of piperidine rings is 1. The van der Waals surface area contributed by atoms with Crippen molar-refractivity contribution in [3.05, 3.63) is 66.0 Å². The third kappa shape index (κ3) is 5.59. The second-order valence-electron chi connectivity index (χ2n) is 7.65. The van der Waals surface area contributed by atoms with Gasteiger partial charge < -0.3 is 10.1 Å². The van der Waals surface area contributed by atoms with E-state index in [0.717, 1.165) is 43.0 Å². The first-order valence-electron chi connectivity index (χ1n) is 10.6. The highest BCUT2D eigenvalue weighted by atomic mass is 19.1. The first-order chi connectivity index (χ1) is 15.2. The van der Waals surface area contributed by atoms with Gasteiger partial charge in [0, 0.05) is 55.8 Å². The molecule has 1 aliphatic heterocycles. The molecule has 0 unspecified atom stereocenters. The van der Waals surface area contributed by atoms with E-state index in [0.29, 0.717) is 37.1 Å². The lowest BCUT2D eigenvalue weighted by atomic mass is 9.92. The Morgan fingerprint density at radius 3 is 2.74 bits per heavy atom. The van der Waals surface area contributed by atoms with Crippen LogP contribution in [0.5, 0.6) is 0 Å². The molecule has 0 atom stereocenters. The normalized spacial score (nSPS) is 15.2. The maximum atomic E-state index is 14.0. The lowest BCUT2D eigenvalue weighted by Gasteiger charge is -2.32. The summed E-state index contributed by atoms with van der Waals surface area (Å²) >= 11 is 0. The molecule has 0 bridgehead atoms. The van der Waals surface area contributed by atoms with E-state index in [4.69, 9.17) is 9.72 Å². The van der Waals surface area contributed by atoms with Crippen molar-refractivity contribution in [3.63, 3.8) is 0 Å². The van der Waals surface area contributed by atoms with Gasteiger partial charge in [-0.2, -0.15) is 0 Å². The van der Waals surface area contributed by atoms with Crippen molar-refractivity contribution in [2.24, 2.45) is 0 Å². The van der Waals surface area contributed by atoms with Crippen molar-refractivity contribution in [3.8, 4) is 11.5 Å². The summed E-state index contributed by atoms with van der Waals surface area (Å²) in [5.74, 6) is 1.51. The minimum atomic E-state index is -0.138. The first kappa shape index (κ1) is 21.3. The van der Waals surface area contributed by atoms with E-state index < -0.39 is 0 Å². The molecule has 4 rings (SSSR count). The van der Waals surface area contributed by atoms with E-state index in [1.54, 1.807) is 31.8 Å². The van der Waals surface area contributed by atoms with Gasteiger partial charge in [0.15, 0.2) is 5.82 Å². The largest absolute Gasteiger partial charge is 0.383 e. The Kier molecular flexibility index (Phi) is 7.11. The van der Waals surface area contributed by atoms with E-state index in [9.17, 15) is 4.39 Å². The Morgan fingerprint density at radius 2 is 2.00 bits per heavy atom. The smallest absolute Gasteiger partial charge is 0.182 e. The van der Waals surface area contributed by atoms with Crippen LogP contribution in [0.4, 0.5) is 10.2 Å². The zero-order valence-corrected chi connectivity index (χ0v) is 17.7. The van der Waals surface area contributed by atoms with Crippen molar-refractivity contribution >= 4 is 5.82 Å². The number of rotatable bonds is 8. The average Bonchev–Trinajstić information content (AvgIpc) is 2.82. The number of hydrogen-bond donors (Lipinski definition) is 1. The Balaban J connectivity index is 1.48. The van der Waals surface area contributed by atoms with Crippen LogP contribution in [0, 0.1) is 5.82 Å². The second kappa shape index (κ2) is 10.4. The molecule has 1 fully saturated rings. The molecule has 31 heavy (non-hydrogen) atoms. The Labute approximate surface area is 181 Å². The van der Waals surface area contributed by atoms with E-state index in [-0.39, 0.29) is 5.82 Å². The van der Waals surface area contributed by atoms with Gasteiger partial charge in [0.1, 0.15) is 17.3 Å². The van der Waals surface area contributed by atoms with Gasteiger partial charge in [-0.05, 0) is 32.0 Å². The van der Waals surface area contributed by atoms with Crippen LogP contribution in [0.2, 0.25) is 0 Å². The van der Waals surface area contributed by atoms with Crippen LogP contribution >= 0.6 is 0 Å². The number of benzene rings is 1. The van der Waals surface area contributed by atoms with Crippen molar-refractivity contribution in [2.45, 2.75) is 25.3 Å². The molecule has 8 heteroatoms. The standard InChI is InChI=1S/C23H27FN6O/c1-31-13-10-27-22-14-20(28-23(29-22)21-15-25-8-9-26-21)17-6-11-30(12-7-17)16-18-4-2-3-5-19(18)24/h2-5,8-9,14-15,17H,6-7,10-13,16H2,1H3,(H,27,28,29). The maximum Gasteiger partial charge on any atom is 0.182 e. The molecule has 7 nitrogen and oxygen atoms in total. The number of anilines is 1. The third-order valence-corrected chi connectivity index (χ3v) is 5.51. The summed E-state index contributed by atoms with van der Waals surface area (Å²) in [6, 6.07) is 9.02. The fourth-order valence-corrected chi connectivity index (χ4v) is 3.83. The maximum absolute atomic E-state index is 14.0. The monoisotopic (exact) mass is 422 g/mol. The van der Waals surface area contributed by atoms with Gasteiger partial charge in [0.2, 0.25) is 0 Å². The third-order valence-electron chi connectivity index (χ3n) is 5.51. The molecule has 2 aromatic heterocycles. The van der Waals surface area contributed by atoms with E-state index in [2.05, 4.69) is 25.2 Å². The first-order valence-corrected chi connectivity index (χ1v) is 10.6. The van der Waals surface area contributed by atoms with Crippen LogP contribution in [0.3, 0.4) is 0 Å². The molecule has 1 N–H and O–H groups in total. The van der Waals surface area contributed by atoms with Crippen molar-refractivity contribution in [1.82, 2.24) is 24.8 Å². The van der Waals surface area contributed by atoms with Crippen LogP contribution < -0.4 is 5.32 Å². The molecule has 1 saturated heterocycles. The predicted molar refractivity (Wildman–Crippen MR) is 117 cm³/mol. The summed E-state index contributed by atoms with van der Waals surface area (Å²) in [7, 11) is 1.67. The van der Waals surface area contributed by atoms with Gasteiger partial charge >= 0.3 is 0 Å². The quantitative estimate of drug-likeness (QED) is 0.557. The van der Waals surface area contributed by atoms with Crippen LogP contribution in [0.1, 0.15) is 30.0 Å². The summed E-state index contributed by atoms with van der Waals surface area (Å²) in [6.45, 7) is 3.69. The summed E-state index contributed by atoms with van der Waals surface area (Å²) in [5, 5.41) is 3.31. The number of hydrogen-bond acceptors (Lipinski definition) is 7. The number of likely N-dealkylation sites (tertiary alicyclic amines) is 1. The van der Waals surface area contributed by atoms with E-state index in [1.165, 1.54) is 6.07 Å². The van der Waals surface area contributed by atoms with Gasteiger partial charge in [0.25, 0.3) is 0 Å². The van der Waals surface area contributed by atoms with Crippen LogP contribution in [-0.2, 0) is 11.3 Å². The Bertz CT molecular complexity index is 979. The summed E-state index contributed by atoms with van der Waals surface area (Å²) in [4.78, 5) is 20.2. The zero-order chi connectivity index (χ0) is 21.5. The second-order valence-corrected chi connectivity index (χ2v) is 7.65.